The highest BCUT2D eigenvalue weighted by Gasteiger charge is 2.39. The highest BCUT2D eigenvalue weighted by atomic mass is 16.3. The Bertz CT molecular complexity index is 1000. The molecule has 1 fully saturated rings. The number of ketones is 2. The van der Waals surface area contributed by atoms with Gasteiger partial charge in [0.1, 0.15) is 5.76 Å². The van der Waals surface area contributed by atoms with Crippen LogP contribution in [0.15, 0.2) is 59.2 Å². The number of H-pyrrole nitrogens is 1. The monoisotopic (exact) mass is 407 g/mol. The summed E-state index contributed by atoms with van der Waals surface area (Å²) in [6.07, 6.45) is 7.00. The zero-order valence-corrected chi connectivity index (χ0v) is 17.8. The standard InChI is InChI=1S/C20H24O3.C5H5NO/c1-20(2,3)13-10-8-12(9-11-13)16-17(21)14-6-4-5-7-15(14)18(22)19(16)23;7-5-1-3-6-4-2-5/h4-7,12-13,21H,8-11H2,1-3H3;1-4H,(H,6,7). The van der Waals surface area contributed by atoms with Gasteiger partial charge in [0.05, 0.1) is 0 Å². The Hall–Kier alpha value is -2.95. The maximum absolute atomic E-state index is 12.5. The van der Waals surface area contributed by atoms with E-state index in [0.29, 0.717) is 22.6 Å². The number of hydrogen-bond donors (Lipinski definition) is 2. The minimum atomic E-state index is -0.514. The van der Waals surface area contributed by atoms with Crippen molar-refractivity contribution in [3.8, 4) is 0 Å². The number of fused-ring (bicyclic) bond motifs is 1. The van der Waals surface area contributed by atoms with Crippen LogP contribution in [-0.2, 0) is 4.79 Å². The Labute approximate surface area is 176 Å². The average molecular weight is 408 g/mol. The first-order valence-electron chi connectivity index (χ1n) is 10.4. The number of hydrogen-bond acceptors (Lipinski definition) is 4. The van der Waals surface area contributed by atoms with Crippen molar-refractivity contribution in [2.75, 3.05) is 0 Å². The lowest BCUT2D eigenvalue weighted by Crippen LogP contribution is -2.32. The van der Waals surface area contributed by atoms with Gasteiger partial charge in [-0.25, -0.2) is 0 Å². The molecule has 4 rings (SSSR count). The summed E-state index contributed by atoms with van der Waals surface area (Å²) < 4.78 is 0. The molecule has 0 radical (unpaired) electrons. The van der Waals surface area contributed by atoms with Gasteiger partial charge in [-0.3, -0.25) is 14.4 Å². The number of carbonyl (C=O) groups is 2. The van der Waals surface area contributed by atoms with Crippen LogP contribution < -0.4 is 5.43 Å². The molecule has 0 aliphatic heterocycles. The molecule has 1 saturated carbocycles. The van der Waals surface area contributed by atoms with Gasteiger partial charge in [-0.2, -0.15) is 0 Å². The zero-order valence-electron chi connectivity index (χ0n) is 17.8. The molecule has 2 N–H and O–H groups in total. The number of aromatic nitrogens is 1. The summed E-state index contributed by atoms with van der Waals surface area (Å²) in [5, 5.41) is 10.6. The summed E-state index contributed by atoms with van der Waals surface area (Å²) >= 11 is 0. The highest BCUT2D eigenvalue weighted by Crippen LogP contribution is 2.44. The smallest absolute Gasteiger partial charge is 0.234 e. The van der Waals surface area contributed by atoms with Gasteiger partial charge in [-0.1, -0.05) is 45.0 Å². The molecule has 30 heavy (non-hydrogen) atoms. The fourth-order valence-corrected chi connectivity index (χ4v) is 4.38. The largest absolute Gasteiger partial charge is 0.507 e. The SMILES string of the molecule is CC(C)(C)C1CCC(C2=C(O)c3ccccc3C(=O)C2=O)CC1.O=c1cc[nH]cc1. The first-order valence-corrected chi connectivity index (χ1v) is 10.4. The number of rotatable bonds is 1. The average Bonchev–Trinajstić information content (AvgIpc) is 2.73. The van der Waals surface area contributed by atoms with E-state index >= 15 is 0 Å². The van der Waals surface area contributed by atoms with Crippen molar-refractivity contribution in [1.82, 2.24) is 4.98 Å². The number of aliphatic hydroxyl groups is 1. The fraction of sp³-hybridized carbons (Fsp3) is 0.400. The van der Waals surface area contributed by atoms with Crippen molar-refractivity contribution < 1.29 is 14.7 Å². The Balaban J connectivity index is 0.000000310. The summed E-state index contributed by atoms with van der Waals surface area (Å²) in [5.41, 5.74) is 1.48. The minimum Gasteiger partial charge on any atom is -0.507 e. The van der Waals surface area contributed by atoms with E-state index < -0.39 is 11.6 Å². The Morgan fingerprint density at radius 1 is 0.833 bits per heavy atom. The molecule has 0 bridgehead atoms. The van der Waals surface area contributed by atoms with Gasteiger partial charge >= 0.3 is 0 Å². The molecule has 5 nitrogen and oxygen atoms in total. The van der Waals surface area contributed by atoms with Crippen LogP contribution in [0.25, 0.3) is 5.76 Å². The first kappa shape index (κ1) is 21.8. The summed E-state index contributed by atoms with van der Waals surface area (Å²) in [6, 6.07) is 9.78. The van der Waals surface area contributed by atoms with Crippen molar-refractivity contribution in [3.63, 3.8) is 0 Å². The van der Waals surface area contributed by atoms with Crippen molar-refractivity contribution in [1.29, 1.82) is 0 Å². The minimum absolute atomic E-state index is 0.00148. The lowest BCUT2D eigenvalue weighted by Gasteiger charge is -2.38. The number of pyridine rings is 1. The zero-order chi connectivity index (χ0) is 21.9. The molecule has 158 valence electrons. The van der Waals surface area contributed by atoms with Crippen LogP contribution in [0.5, 0.6) is 0 Å². The Morgan fingerprint density at radius 2 is 1.40 bits per heavy atom. The van der Waals surface area contributed by atoms with Gasteiger partial charge in [0.25, 0.3) is 0 Å². The van der Waals surface area contributed by atoms with E-state index in [0.717, 1.165) is 25.7 Å². The third-order valence-corrected chi connectivity index (χ3v) is 6.18. The van der Waals surface area contributed by atoms with E-state index in [4.69, 9.17) is 0 Å². The lowest BCUT2D eigenvalue weighted by molar-refractivity contribution is -0.112. The lowest BCUT2D eigenvalue weighted by atomic mass is 9.67. The maximum Gasteiger partial charge on any atom is 0.234 e. The first-order chi connectivity index (χ1) is 14.2. The van der Waals surface area contributed by atoms with Crippen LogP contribution in [-0.4, -0.2) is 21.7 Å². The third kappa shape index (κ3) is 4.61. The van der Waals surface area contributed by atoms with E-state index in [1.165, 1.54) is 12.1 Å². The fourth-order valence-electron chi connectivity index (χ4n) is 4.38. The van der Waals surface area contributed by atoms with Crippen LogP contribution >= 0.6 is 0 Å². The Morgan fingerprint density at radius 3 is 1.90 bits per heavy atom. The van der Waals surface area contributed by atoms with Crippen molar-refractivity contribution in [2.45, 2.75) is 46.5 Å². The summed E-state index contributed by atoms with van der Waals surface area (Å²) in [7, 11) is 0. The van der Waals surface area contributed by atoms with Gasteiger partial charge in [0.15, 0.2) is 5.43 Å². The number of nitrogens with one attached hydrogen (secondary N) is 1. The molecule has 0 atom stereocenters. The topological polar surface area (TPSA) is 87.2 Å². The molecule has 0 amide bonds. The number of benzene rings is 1. The van der Waals surface area contributed by atoms with E-state index in [2.05, 4.69) is 25.8 Å². The number of carbonyl (C=O) groups excluding carboxylic acids is 2. The molecular weight excluding hydrogens is 378 g/mol. The number of aromatic amines is 1. The molecule has 0 spiro atoms. The number of allylic oxidation sites excluding steroid dienone is 1. The highest BCUT2D eigenvalue weighted by molar-refractivity contribution is 6.52. The Kier molecular flexibility index (Phi) is 6.40. The van der Waals surface area contributed by atoms with E-state index in [-0.39, 0.29) is 22.5 Å². The van der Waals surface area contributed by atoms with Crippen molar-refractivity contribution in [3.05, 3.63) is 75.7 Å². The number of Topliss-reactive ketones (excluding diaryl/α,β-unsaturated/α-hetero) is 2. The van der Waals surface area contributed by atoms with Gasteiger partial charge in [-0.15, -0.1) is 0 Å². The predicted molar refractivity (Wildman–Crippen MR) is 117 cm³/mol. The second kappa shape index (κ2) is 8.82. The van der Waals surface area contributed by atoms with Gasteiger partial charge in [0, 0.05) is 41.2 Å². The molecular formula is C25H29NO4. The van der Waals surface area contributed by atoms with Gasteiger partial charge in [-0.05, 0) is 42.9 Å². The molecule has 0 saturated heterocycles. The summed E-state index contributed by atoms with van der Waals surface area (Å²) in [5.74, 6) is -0.349. The summed E-state index contributed by atoms with van der Waals surface area (Å²) in [4.78, 5) is 37.8. The van der Waals surface area contributed by atoms with Crippen LogP contribution in [0, 0.1) is 17.3 Å². The van der Waals surface area contributed by atoms with Crippen LogP contribution in [0.4, 0.5) is 0 Å². The second-order valence-corrected chi connectivity index (χ2v) is 9.12. The van der Waals surface area contributed by atoms with Crippen LogP contribution in [0.3, 0.4) is 0 Å². The van der Waals surface area contributed by atoms with Gasteiger partial charge < -0.3 is 10.1 Å². The predicted octanol–water partition coefficient (Wildman–Crippen LogP) is 4.95. The molecule has 0 unspecified atom stereocenters. The second-order valence-electron chi connectivity index (χ2n) is 9.12. The molecule has 5 heteroatoms. The number of aliphatic hydroxyl groups excluding tert-OH is 1. The van der Waals surface area contributed by atoms with Crippen LogP contribution in [0.1, 0.15) is 62.4 Å². The quantitative estimate of drug-likeness (QED) is 0.655. The van der Waals surface area contributed by atoms with Crippen molar-refractivity contribution in [2.24, 2.45) is 17.3 Å². The third-order valence-electron chi connectivity index (χ3n) is 6.18. The van der Waals surface area contributed by atoms with E-state index in [1.807, 2.05) is 0 Å². The molecule has 2 aromatic rings. The summed E-state index contributed by atoms with van der Waals surface area (Å²) in [6.45, 7) is 6.75. The van der Waals surface area contributed by atoms with E-state index in [9.17, 15) is 19.5 Å². The molecule has 1 aromatic heterocycles. The van der Waals surface area contributed by atoms with Crippen molar-refractivity contribution >= 4 is 17.3 Å². The van der Waals surface area contributed by atoms with Crippen LogP contribution in [0.2, 0.25) is 0 Å². The van der Waals surface area contributed by atoms with Gasteiger partial charge in [0.2, 0.25) is 11.6 Å². The molecule has 2 aliphatic rings. The molecule has 1 heterocycles. The normalized spacial score (nSPS) is 21.6. The van der Waals surface area contributed by atoms with E-state index in [1.54, 1.807) is 36.7 Å². The maximum atomic E-state index is 12.5. The molecule has 2 aliphatic carbocycles. The molecule has 1 aromatic carbocycles.